The summed E-state index contributed by atoms with van der Waals surface area (Å²) in [5.74, 6) is -0.833. The lowest BCUT2D eigenvalue weighted by Crippen LogP contribution is -2.24. The number of methoxy groups -OCH3 is 1. The molecule has 1 aromatic carbocycles. The first-order valence-electron chi connectivity index (χ1n) is 8.78. The van der Waals surface area contributed by atoms with E-state index in [0.717, 1.165) is 0 Å². The molecular formula is C20H19ClFN3O4. The lowest BCUT2D eigenvalue weighted by atomic mass is 10.2. The van der Waals surface area contributed by atoms with E-state index in [0.29, 0.717) is 11.4 Å². The van der Waals surface area contributed by atoms with Crippen molar-refractivity contribution in [2.45, 2.75) is 20.5 Å². The topological polar surface area (TPSA) is 81.9 Å². The zero-order chi connectivity index (χ0) is 21.1. The summed E-state index contributed by atoms with van der Waals surface area (Å²) >= 11 is 5.84. The fourth-order valence-electron chi connectivity index (χ4n) is 2.59. The molecule has 3 aromatic rings. The summed E-state index contributed by atoms with van der Waals surface area (Å²) in [5.41, 5.74) is 0.389. The SMILES string of the molecule is COc1cccn2c(=O)c(COC(=O)C(C)C)c(Nc3ccc(F)c(Cl)c3)nc12. The number of hydrogen-bond acceptors (Lipinski definition) is 6. The lowest BCUT2D eigenvalue weighted by molar-refractivity contribution is -0.148. The van der Waals surface area contributed by atoms with Crippen molar-refractivity contribution in [2.75, 3.05) is 12.4 Å². The number of benzene rings is 1. The molecule has 0 aliphatic heterocycles. The van der Waals surface area contributed by atoms with Crippen molar-refractivity contribution < 1.29 is 18.7 Å². The van der Waals surface area contributed by atoms with Crippen LogP contribution in [0.3, 0.4) is 0 Å². The molecule has 0 radical (unpaired) electrons. The minimum atomic E-state index is -0.573. The van der Waals surface area contributed by atoms with Crippen LogP contribution >= 0.6 is 11.6 Å². The zero-order valence-electron chi connectivity index (χ0n) is 16.0. The average molecular weight is 420 g/mol. The van der Waals surface area contributed by atoms with E-state index in [4.69, 9.17) is 21.1 Å². The van der Waals surface area contributed by atoms with Gasteiger partial charge < -0.3 is 14.8 Å². The molecule has 0 unspecified atom stereocenters. The number of pyridine rings is 1. The van der Waals surface area contributed by atoms with Crippen LogP contribution in [0.4, 0.5) is 15.9 Å². The molecule has 0 saturated carbocycles. The van der Waals surface area contributed by atoms with Crippen LogP contribution in [-0.4, -0.2) is 22.5 Å². The van der Waals surface area contributed by atoms with E-state index in [1.807, 2.05) is 0 Å². The average Bonchev–Trinajstić information content (AvgIpc) is 2.69. The Morgan fingerprint density at radius 2 is 2.10 bits per heavy atom. The van der Waals surface area contributed by atoms with Gasteiger partial charge in [0.1, 0.15) is 18.2 Å². The van der Waals surface area contributed by atoms with Crippen molar-refractivity contribution in [3.63, 3.8) is 0 Å². The molecule has 3 rings (SSSR count). The molecule has 0 saturated heterocycles. The maximum atomic E-state index is 13.5. The Bertz CT molecular complexity index is 1130. The summed E-state index contributed by atoms with van der Waals surface area (Å²) in [4.78, 5) is 29.4. The number of hydrogen-bond donors (Lipinski definition) is 1. The van der Waals surface area contributed by atoms with Gasteiger partial charge in [-0.25, -0.2) is 9.37 Å². The molecule has 0 fully saturated rings. The Hall–Kier alpha value is -3.13. The number of ether oxygens (including phenoxy) is 2. The number of esters is 1. The summed E-state index contributed by atoms with van der Waals surface area (Å²) in [5, 5.41) is 2.87. The second-order valence-corrected chi connectivity index (χ2v) is 6.94. The molecule has 1 N–H and O–H groups in total. The van der Waals surface area contributed by atoms with Gasteiger partial charge in [0, 0.05) is 11.9 Å². The van der Waals surface area contributed by atoms with Gasteiger partial charge in [-0.05, 0) is 30.3 Å². The number of anilines is 2. The monoisotopic (exact) mass is 419 g/mol. The molecule has 0 spiro atoms. The van der Waals surface area contributed by atoms with Crippen molar-refractivity contribution in [1.82, 2.24) is 9.38 Å². The summed E-state index contributed by atoms with van der Waals surface area (Å²) in [6.45, 7) is 3.11. The number of rotatable bonds is 6. The van der Waals surface area contributed by atoms with Crippen molar-refractivity contribution >= 4 is 34.7 Å². The first-order chi connectivity index (χ1) is 13.8. The van der Waals surface area contributed by atoms with E-state index in [2.05, 4.69) is 10.3 Å². The zero-order valence-corrected chi connectivity index (χ0v) is 16.8. The van der Waals surface area contributed by atoms with Crippen LogP contribution < -0.4 is 15.6 Å². The summed E-state index contributed by atoms with van der Waals surface area (Å²) in [6.07, 6.45) is 1.54. The minimum Gasteiger partial charge on any atom is -0.493 e. The summed E-state index contributed by atoms with van der Waals surface area (Å²) < 4.78 is 25.3. The fraction of sp³-hybridized carbons (Fsp3) is 0.250. The number of halogens is 2. The van der Waals surface area contributed by atoms with Gasteiger partial charge in [-0.2, -0.15) is 0 Å². The standard InChI is InChI=1S/C20H19ClFN3O4/c1-11(2)20(27)29-10-13-17(23-12-6-7-15(22)14(21)9-12)24-18-16(28-3)5-4-8-25(18)19(13)26/h4-9,11,23H,10H2,1-3H3. The predicted octanol–water partition coefficient (Wildman–Crippen LogP) is 3.94. The van der Waals surface area contributed by atoms with Crippen LogP contribution in [0.15, 0.2) is 41.3 Å². The third-order valence-corrected chi connectivity index (χ3v) is 4.43. The molecule has 2 heterocycles. The van der Waals surface area contributed by atoms with E-state index in [-0.39, 0.29) is 34.6 Å². The quantitative estimate of drug-likeness (QED) is 0.609. The van der Waals surface area contributed by atoms with Gasteiger partial charge in [-0.1, -0.05) is 25.4 Å². The van der Waals surface area contributed by atoms with Crippen LogP contribution in [0.2, 0.25) is 5.02 Å². The number of nitrogens with one attached hydrogen (secondary N) is 1. The van der Waals surface area contributed by atoms with Crippen LogP contribution in [0.1, 0.15) is 19.4 Å². The Morgan fingerprint density at radius 1 is 1.34 bits per heavy atom. The smallest absolute Gasteiger partial charge is 0.308 e. The van der Waals surface area contributed by atoms with Gasteiger partial charge in [-0.3, -0.25) is 14.0 Å². The number of carbonyl (C=O) groups excluding carboxylic acids is 1. The van der Waals surface area contributed by atoms with Crippen LogP contribution in [0, 0.1) is 11.7 Å². The van der Waals surface area contributed by atoms with Crippen LogP contribution in [0.25, 0.3) is 5.65 Å². The third-order valence-electron chi connectivity index (χ3n) is 4.14. The largest absolute Gasteiger partial charge is 0.493 e. The van der Waals surface area contributed by atoms with Gasteiger partial charge in [0.05, 0.1) is 23.6 Å². The molecule has 0 aliphatic rings. The second-order valence-electron chi connectivity index (χ2n) is 6.53. The highest BCUT2D eigenvalue weighted by Crippen LogP contribution is 2.25. The Labute approximate surface area is 171 Å². The van der Waals surface area contributed by atoms with Crippen molar-refractivity contribution in [1.29, 1.82) is 0 Å². The van der Waals surface area contributed by atoms with Gasteiger partial charge in [0.15, 0.2) is 11.4 Å². The molecule has 9 heteroatoms. The highest BCUT2D eigenvalue weighted by molar-refractivity contribution is 6.31. The van der Waals surface area contributed by atoms with Crippen molar-refractivity contribution in [2.24, 2.45) is 5.92 Å². The van der Waals surface area contributed by atoms with Gasteiger partial charge in [-0.15, -0.1) is 0 Å². The fourth-order valence-corrected chi connectivity index (χ4v) is 2.77. The first kappa shape index (κ1) is 20.6. The predicted molar refractivity (Wildman–Crippen MR) is 107 cm³/mol. The highest BCUT2D eigenvalue weighted by atomic mass is 35.5. The normalized spacial score (nSPS) is 11.0. The molecule has 152 valence electrons. The van der Waals surface area contributed by atoms with E-state index < -0.39 is 17.3 Å². The number of fused-ring (bicyclic) bond motifs is 1. The van der Waals surface area contributed by atoms with Gasteiger partial charge in [0.25, 0.3) is 5.56 Å². The first-order valence-corrected chi connectivity index (χ1v) is 9.16. The molecule has 29 heavy (non-hydrogen) atoms. The molecular weight excluding hydrogens is 401 g/mol. The van der Waals surface area contributed by atoms with E-state index in [9.17, 15) is 14.0 Å². The van der Waals surface area contributed by atoms with Crippen molar-refractivity contribution in [3.8, 4) is 5.75 Å². The van der Waals surface area contributed by atoms with E-state index in [1.165, 1.54) is 29.7 Å². The summed E-state index contributed by atoms with van der Waals surface area (Å²) in [7, 11) is 1.46. The van der Waals surface area contributed by atoms with E-state index >= 15 is 0 Å². The van der Waals surface area contributed by atoms with Crippen molar-refractivity contribution in [3.05, 3.63) is 63.3 Å². The molecule has 0 atom stereocenters. The number of carbonyl (C=O) groups is 1. The maximum absolute atomic E-state index is 13.5. The second kappa shape index (κ2) is 8.48. The number of aromatic nitrogens is 2. The Kier molecular flexibility index (Phi) is 6.03. The Balaban J connectivity index is 2.12. The van der Waals surface area contributed by atoms with Gasteiger partial charge >= 0.3 is 5.97 Å². The highest BCUT2D eigenvalue weighted by Gasteiger charge is 2.18. The Morgan fingerprint density at radius 3 is 2.76 bits per heavy atom. The van der Waals surface area contributed by atoms with Crippen LogP contribution in [-0.2, 0) is 16.1 Å². The molecule has 2 aromatic heterocycles. The summed E-state index contributed by atoms with van der Waals surface area (Å²) in [6, 6.07) is 7.32. The number of nitrogens with zero attached hydrogens (tertiary/aromatic N) is 2. The van der Waals surface area contributed by atoms with E-state index in [1.54, 1.807) is 32.2 Å². The lowest BCUT2D eigenvalue weighted by Gasteiger charge is -2.15. The molecule has 0 aliphatic carbocycles. The third kappa shape index (κ3) is 4.32. The van der Waals surface area contributed by atoms with Crippen LogP contribution in [0.5, 0.6) is 5.75 Å². The molecule has 7 nitrogen and oxygen atoms in total. The maximum Gasteiger partial charge on any atom is 0.308 e. The van der Waals surface area contributed by atoms with Gasteiger partial charge in [0.2, 0.25) is 0 Å². The minimum absolute atomic E-state index is 0.0853. The molecule has 0 amide bonds. The molecule has 0 bridgehead atoms.